The molecule has 4 rings (SSSR count). The zero-order chi connectivity index (χ0) is 16.2. The van der Waals surface area contributed by atoms with E-state index in [0.717, 1.165) is 25.7 Å². The van der Waals surface area contributed by atoms with E-state index in [2.05, 4.69) is 0 Å². The van der Waals surface area contributed by atoms with Crippen molar-refractivity contribution in [2.75, 3.05) is 0 Å². The zero-order valence-corrected chi connectivity index (χ0v) is 13.7. The fourth-order valence-electron chi connectivity index (χ4n) is 5.23. The van der Waals surface area contributed by atoms with Crippen molar-refractivity contribution in [3.63, 3.8) is 0 Å². The molecule has 1 N–H and O–H groups in total. The number of ether oxygens (including phenoxy) is 2. The summed E-state index contributed by atoms with van der Waals surface area (Å²) in [6, 6.07) is 0. The van der Waals surface area contributed by atoms with Crippen molar-refractivity contribution in [1.29, 1.82) is 0 Å². The minimum Gasteiger partial charge on any atom is -0.459 e. The van der Waals surface area contributed by atoms with Gasteiger partial charge in [-0.1, -0.05) is 13.8 Å². The van der Waals surface area contributed by atoms with Gasteiger partial charge < -0.3 is 14.6 Å². The maximum absolute atomic E-state index is 12.3. The fourth-order valence-corrected chi connectivity index (χ4v) is 5.23. The second-order valence-corrected chi connectivity index (χ2v) is 7.92. The van der Waals surface area contributed by atoms with Crippen LogP contribution < -0.4 is 0 Å². The number of carbonyl (C=O) groups is 2. The maximum atomic E-state index is 12.3. The van der Waals surface area contributed by atoms with Gasteiger partial charge in [-0.05, 0) is 31.6 Å². The minimum absolute atomic E-state index is 0.146. The molecule has 4 aliphatic carbocycles. The molecule has 0 aromatic heterocycles. The predicted octanol–water partition coefficient (Wildman–Crippen LogP) is 2.35. The third-order valence-corrected chi connectivity index (χ3v) is 5.63. The smallest absolute Gasteiger partial charge is 0.309 e. The number of carbonyl (C=O) groups excluding carboxylic acids is 2. The van der Waals surface area contributed by atoms with E-state index in [0.29, 0.717) is 19.3 Å². The molecule has 4 fully saturated rings. The summed E-state index contributed by atoms with van der Waals surface area (Å²) in [6.45, 7) is 5.22. The molecule has 4 aliphatic rings. The Hall–Kier alpha value is -1.10. The van der Waals surface area contributed by atoms with Crippen LogP contribution in [0.5, 0.6) is 0 Å². The molecule has 22 heavy (non-hydrogen) atoms. The Labute approximate surface area is 131 Å². The Morgan fingerprint density at radius 1 is 1.14 bits per heavy atom. The quantitative estimate of drug-likeness (QED) is 0.807. The van der Waals surface area contributed by atoms with Gasteiger partial charge in [-0.15, -0.1) is 0 Å². The topological polar surface area (TPSA) is 72.8 Å². The second kappa shape index (κ2) is 4.95. The fraction of sp³-hybridized carbons (Fsp3) is 0.882. The number of aliphatic hydroxyl groups is 1. The molecular weight excluding hydrogens is 284 g/mol. The molecule has 0 amide bonds. The predicted molar refractivity (Wildman–Crippen MR) is 78.9 cm³/mol. The van der Waals surface area contributed by atoms with Crippen molar-refractivity contribution in [2.24, 2.45) is 11.8 Å². The largest absolute Gasteiger partial charge is 0.459 e. The molecule has 124 valence electrons. The van der Waals surface area contributed by atoms with Gasteiger partial charge in [-0.25, -0.2) is 0 Å². The van der Waals surface area contributed by atoms with Gasteiger partial charge >= 0.3 is 11.9 Å². The van der Waals surface area contributed by atoms with Gasteiger partial charge in [0.25, 0.3) is 0 Å². The van der Waals surface area contributed by atoms with Crippen molar-refractivity contribution in [3.8, 4) is 0 Å². The van der Waals surface area contributed by atoms with E-state index < -0.39 is 16.8 Å². The Morgan fingerprint density at radius 2 is 1.73 bits per heavy atom. The summed E-state index contributed by atoms with van der Waals surface area (Å²) in [5.74, 6) is -0.419. The van der Waals surface area contributed by atoms with Crippen LogP contribution in [0.3, 0.4) is 0 Å². The van der Waals surface area contributed by atoms with E-state index in [9.17, 15) is 14.7 Å². The molecule has 0 heterocycles. The van der Waals surface area contributed by atoms with E-state index in [1.165, 1.54) is 6.92 Å². The molecule has 5 atom stereocenters. The SMILES string of the molecule is CCC(C)C(=O)OC12CC3CC(O)(CC(OC(C)=O)(C3)C1)C2. The molecule has 0 aromatic rings. The Morgan fingerprint density at radius 3 is 2.23 bits per heavy atom. The first-order valence-corrected chi connectivity index (χ1v) is 8.34. The van der Waals surface area contributed by atoms with Crippen LogP contribution in [0, 0.1) is 11.8 Å². The van der Waals surface area contributed by atoms with Gasteiger partial charge in [-0.3, -0.25) is 9.59 Å². The first-order valence-electron chi connectivity index (χ1n) is 8.34. The van der Waals surface area contributed by atoms with Crippen LogP contribution in [-0.2, 0) is 19.1 Å². The van der Waals surface area contributed by atoms with Crippen molar-refractivity contribution in [3.05, 3.63) is 0 Å². The summed E-state index contributed by atoms with van der Waals surface area (Å²) in [6.07, 6.45) is 4.48. The molecule has 0 radical (unpaired) electrons. The number of hydrogen-bond donors (Lipinski definition) is 1. The molecule has 4 bridgehead atoms. The maximum Gasteiger partial charge on any atom is 0.309 e. The van der Waals surface area contributed by atoms with E-state index >= 15 is 0 Å². The Bertz CT molecular complexity index is 503. The monoisotopic (exact) mass is 310 g/mol. The lowest BCUT2D eigenvalue weighted by Gasteiger charge is -2.63. The number of rotatable bonds is 4. The van der Waals surface area contributed by atoms with Gasteiger partial charge in [-0.2, -0.15) is 0 Å². The highest BCUT2D eigenvalue weighted by Gasteiger charge is 2.66. The van der Waals surface area contributed by atoms with E-state index in [1.54, 1.807) is 0 Å². The second-order valence-electron chi connectivity index (χ2n) is 7.92. The van der Waals surface area contributed by atoms with Crippen LogP contribution in [0.2, 0.25) is 0 Å². The molecule has 0 aliphatic heterocycles. The molecule has 0 saturated heterocycles. The third-order valence-electron chi connectivity index (χ3n) is 5.63. The minimum atomic E-state index is -0.870. The lowest BCUT2D eigenvalue weighted by Crippen LogP contribution is -2.68. The highest BCUT2D eigenvalue weighted by molar-refractivity contribution is 5.72. The zero-order valence-electron chi connectivity index (χ0n) is 13.7. The van der Waals surface area contributed by atoms with Crippen molar-refractivity contribution < 1.29 is 24.2 Å². The summed E-state index contributed by atoms with van der Waals surface area (Å²) in [4.78, 5) is 23.8. The first kappa shape index (κ1) is 15.8. The van der Waals surface area contributed by atoms with Crippen molar-refractivity contribution in [1.82, 2.24) is 0 Å². The van der Waals surface area contributed by atoms with E-state index in [-0.39, 0.29) is 23.8 Å². The Kier molecular flexibility index (Phi) is 3.55. The van der Waals surface area contributed by atoms with Crippen LogP contribution in [0.25, 0.3) is 0 Å². The molecule has 5 heteroatoms. The molecule has 0 spiro atoms. The van der Waals surface area contributed by atoms with Crippen LogP contribution in [0.4, 0.5) is 0 Å². The number of hydrogen-bond acceptors (Lipinski definition) is 5. The van der Waals surface area contributed by atoms with E-state index in [4.69, 9.17) is 9.47 Å². The summed E-state index contributed by atoms with van der Waals surface area (Å²) < 4.78 is 11.5. The van der Waals surface area contributed by atoms with Gasteiger partial charge in [0.1, 0.15) is 11.2 Å². The third kappa shape index (κ3) is 2.64. The first-order chi connectivity index (χ1) is 10.2. The van der Waals surface area contributed by atoms with Crippen LogP contribution in [-0.4, -0.2) is 33.8 Å². The van der Waals surface area contributed by atoms with Crippen LogP contribution in [0.1, 0.15) is 65.7 Å². The lowest BCUT2D eigenvalue weighted by atomic mass is 9.50. The standard InChI is InChI=1S/C17H26O5/c1-4-11(2)14(19)22-17-7-13-5-15(20,9-17)8-16(6-13,10-17)21-12(3)18/h11,13,20H,4-10H2,1-3H3. The Balaban J connectivity index is 1.86. The van der Waals surface area contributed by atoms with Gasteiger partial charge in [0, 0.05) is 26.2 Å². The van der Waals surface area contributed by atoms with Crippen LogP contribution in [0.15, 0.2) is 0 Å². The molecule has 5 nitrogen and oxygen atoms in total. The summed E-state index contributed by atoms with van der Waals surface area (Å²) >= 11 is 0. The molecule has 5 unspecified atom stereocenters. The van der Waals surface area contributed by atoms with Crippen molar-refractivity contribution in [2.45, 2.75) is 82.5 Å². The molecule has 0 aromatic carbocycles. The molecule has 4 saturated carbocycles. The van der Waals surface area contributed by atoms with Crippen molar-refractivity contribution >= 4 is 11.9 Å². The summed E-state index contributed by atoms with van der Waals surface area (Å²) in [7, 11) is 0. The normalized spacial score (nSPS) is 43.7. The van der Waals surface area contributed by atoms with Gasteiger partial charge in [0.05, 0.1) is 11.5 Å². The number of esters is 2. The highest BCUT2D eigenvalue weighted by atomic mass is 16.6. The summed E-state index contributed by atoms with van der Waals surface area (Å²) in [5, 5.41) is 10.9. The average Bonchev–Trinajstić information content (AvgIpc) is 2.32. The molecular formula is C17H26O5. The van der Waals surface area contributed by atoms with E-state index in [1.807, 2.05) is 13.8 Å². The average molecular weight is 310 g/mol. The highest BCUT2D eigenvalue weighted by Crippen LogP contribution is 2.61. The van der Waals surface area contributed by atoms with Gasteiger partial charge in [0.2, 0.25) is 0 Å². The van der Waals surface area contributed by atoms with Gasteiger partial charge in [0.15, 0.2) is 0 Å². The van der Waals surface area contributed by atoms with Crippen LogP contribution >= 0.6 is 0 Å². The lowest BCUT2D eigenvalue weighted by molar-refractivity contribution is -0.268. The summed E-state index contributed by atoms with van der Waals surface area (Å²) in [5.41, 5.74) is -2.19.